The third-order valence-corrected chi connectivity index (χ3v) is 10.4. The van der Waals surface area contributed by atoms with Gasteiger partial charge in [0.1, 0.15) is 54.9 Å². The number of nitrogens with zero attached hydrogens (tertiary/aromatic N) is 2. The third kappa shape index (κ3) is 17.3. The van der Waals surface area contributed by atoms with Crippen molar-refractivity contribution in [3.05, 3.63) is 35.9 Å². The molecule has 0 bridgehead atoms. The number of aliphatic hydroxyl groups excluding tert-OH is 4. The monoisotopic (exact) mass is 889 g/mol. The van der Waals surface area contributed by atoms with Gasteiger partial charge < -0.3 is 72.9 Å². The van der Waals surface area contributed by atoms with Crippen LogP contribution in [-0.4, -0.2) is 187 Å². The fourth-order valence-corrected chi connectivity index (χ4v) is 7.08. The molecule has 4 rings (SSSR count). The number of amides is 1. The molecule has 3 heterocycles. The molecule has 8 unspecified atom stereocenters. The number of ether oxygens (including phenoxy) is 8. The summed E-state index contributed by atoms with van der Waals surface area (Å²) in [7, 11) is 7.16. The molecule has 0 radical (unpaired) electrons. The van der Waals surface area contributed by atoms with E-state index in [1.54, 1.807) is 69.4 Å². The molecule has 0 aliphatic carbocycles. The van der Waals surface area contributed by atoms with Crippen LogP contribution in [0.5, 0.6) is 0 Å². The average Bonchev–Trinajstić information content (AvgIpc) is 3.72. The second-order valence-corrected chi connectivity index (χ2v) is 18.3. The fourth-order valence-electron chi connectivity index (χ4n) is 7.08. The average molecular weight is 889 g/mol. The minimum atomic E-state index is -1.52. The lowest BCUT2D eigenvalue weighted by Gasteiger charge is -2.49. The minimum Gasteiger partial charge on any atom is -0.387 e. The molecule has 0 aromatic heterocycles. The number of carbonyl (C=O) groups excluding carboxylic acids is 2. The third-order valence-electron chi connectivity index (χ3n) is 10.4. The van der Waals surface area contributed by atoms with Gasteiger partial charge in [0, 0.05) is 20.7 Å². The lowest BCUT2D eigenvalue weighted by Crippen LogP contribution is -2.67. The van der Waals surface area contributed by atoms with Gasteiger partial charge in [-0.25, -0.2) is 0 Å². The highest BCUT2D eigenvalue weighted by Crippen LogP contribution is 2.36. The zero-order chi connectivity index (χ0) is 47.8. The molecule has 62 heavy (non-hydrogen) atoms. The predicted octanol–water partition coefficient (Wildman–Crippen LogP) is 3.75. The largest absolute Gasteiger partial charge is 0.387 e. The number of methoxy groups -OCH3 is 1. The van der Waals surface area contributed by atoms with E-state index in [1.165, 1.54) is 17.6 Å². The Morgan fingerprint density at radius 2 is 1.27 bits per heavy atom. The van der Waals surface area contributed by atoms with Gasteiger partial charge in [-0.05, 0) is 88.4 Å². The number of likely N-dealkylation sites (N-methyl/N-ethyl adjacent to an activating group) is 1. The van der Waals surface area contributed by atoms with Crippen molar-refractivity contribution in [2.24, 2.45) is 0 Å². The quantitative estimate of drug-likeness (QED) is 0.175. The Balaban J connectivity index is 0.00000118. The molecular weight excluding hydrogens is 805 g/mol. The van der Waals surface area contributed by atoms with Gasteiger partial charge in [0.25, 0.3) is 5.91 Å². The summed E-state index contributed by atoms with van der Waals surface area (Å²) in [5.41, 5.74) is -2.61. The van der Waals surface area contributed by atoms with E-state index in [0.717, 1.165) is 6.54 Å². The molecular formula is C46H84N2O14. The Hall–Kier alpha value is -2.16. The summed E-state index contributed by atoms with van der Waals surface area (Å²) >= 11 is 0. The zero-order valence-corrected chi connectivity index (χ0v) is 40.8. The molecule has 16 nitrogen and oxygen atoms in total. The van der Waals surface area contributed by atoms with Gasteiger partial charge in [0.2, 0.25) is 0 Å². The van der Waals surface area contributed by atoms with E-state index < -0.39 is 95.6 Å². The van der Waals surface area contributed by atoms with Crippen LogP contribution in [0.15, 0.2) is 30.3 Å². The summed E-state index contributed by atoms with van der Waals surface area (Å²) in [6, 6.07) is 10.5. The molecule has 0 spiro atoms. The van der Waals surface area contributed by atoms with Gasteiger partial charge in [-0.1, -0.05) is 58.0 Å². The molecule has 1 aromatic rings. The van der Waals surface area contributed by atoms with Crippen LogP contribution >= 0.6 is 0 Å². The summed E-state index contributed by atoms with van der Waals surface area (Å²) in [6.45, 7) is 25.5. The van der Waals surface area contributed by atoms with E-state index in [9.17, 15) is 30.0 Å². The number of hydrogen-bond acceptors (Lipinski definition) is 15. The van der Waals surface area contributed by atoms with Crippen molar-refractivity contribution in [2.75, 3.05) is 54.6 Å². The van der Waals surface area contributed by atoms with Crippen LogP contribution < -0.4 is 0 Å². The van der Waals surface area contributed by atoms with Crippen molar-refractivity contribution < 1.29 is 67.9 Å². The summed E-state index contributed by atoms with van der Waals surface area (Å²) in [4.78, 5) is 29.2. The highest BCUT2D eigenvalue weighted by molar-refractivity contribution is 5.81. The number of hydrogen-bond donors (Lipinski definition) is 4. The van der Waals surface area contributed by atoms with Crippen molar-refractivity contribution in [3.63, 3.8) is 0 Å². The van der Waals surface area contributed by atoms with Gasteiger partial charge in [-0.3, -0.25) is 4.79 Å². The van der Waals surface area contributed by atoms with Gasteiger partial charge in [-0.2, -0.15) is 0 Å². The number of aliphatic hydroxyl groups is 4. The van der Waals surface area contributed by atoms with Gasteiger partial charge in [-0.15, -0.1) is 0 Å². The Morgan fingerprint density at radius 3 is 1.76 bits per heavy atom. The molecule has 4 N–H and O–H groups in total. The summed E-state index contributed by atoms with van der Waals surface area (Å²) in [6.07, 6.45) is -12.6. The van der Waals surface area contributed by atoms with E-state index in [2.05, 4.69) is 43.3 Å². The topological polar surface area (TPSA) is 195 Å². The molecule has 3 aliphatic rings. The van der Waals surface area contributed by atoms with E-state index in [0.29, 0.717) is 19.5 Å². The van der Waals surface area contributed by atoms with Crippen LogP contribution in [-0.2, 0) is 54.0 Å². The Labute approximate surface area is 372 Å². The first kappa shape index (κ1) is 57.9. The van der Waals surface area contributed by atoms with Crippen molar-refractivity contribution in [3.8, 4) is 0 Å². The van der Waals surface area contributed by atoms with Crippen LogP contribution in [0.4, 0.5) is 0 Å². The standard InChI is InChI=1S/C33H59NO14.C9H13N.2C2H6/c1-30(2,3)47-24-18(17-35)45-28(22(38)20(24)36)33(8,9)44-13-12-31(4,5)48-25-21(37)23(39)27(32(6,7)41-11)46-26(25)29(40)34(10)16-19-42-14-15-43-19;1-10(2)8-9-6-4-3-5-7-9;2*1-2/h17-28,36-39H,12-16H2,1-11H3;3-7H,8H2,1-2H3;2*1-2H3/t18?,20?,21?,22?,23?,24-,25+,26?,27?,28?;;;/m1.../s1. The fraction of sp³-hybridized carbons (Fsp3) is 0.826. The Kier molecular flexibility index (Phi) is 24.4. The second kappa shape index (κ2) is 26.1. The highest BCUT2D eigenvalue weighted by atomic mass is 16.7. The number of rotatable bonds is 16. The molecule has 362 valence electrons. The molecule has 3 saturated heterocycles. The minimum absolute atomic E-state index is 0.0524. The molecule has 10 atom stereocenters. The van der Waals surface area contributed by atoms with Crippen molar-refractivity contribution >= 4 is 12.2 Å². The smallest absolute Gasteiger partial charge is 0.254 e. The van der Waals surface area contributed by atoms with Crippen LogP contribution in [0.2, 0.25) is 0 Å². The SMILES string of the molecule is CC.CC.CN(C)Cc1ccccc1.COC(C)(C)C1OC(C(=O)N(C)CC2OCCO2)[C@@H](OC(C)(C)CCOC(C)(C)C2OC(C=O)[C@@H](OC(C)(C)C)C(O)C2O)C(O)C1O. The molecule has 0 saturated carbocycles. The molecule has 16 heteroatoms. The maximum absolute atomic E-state index is 13.8. The summed E-state index contributed by atoms with van der Waals surface area (Å²) < 4.78 is 46.9. The molecule has 1 amide bonds. The molecule has 1 aromatic carbocycles. The molecule has 3 fully saturated rings. The first-order chi connectivity index (χ1) is 28.8. The lowest BCUT2D eigenvalue weighted by molar-refractivity contribution is -0.287. The predicted molar refractivity (Wildman–Crippen MR) is 237 cm³/mol. The summed E-state index contributed by atoms with van der Waals surface area (Å²) in [5, 5.41) is 44.4. The molecule has 3 aliphatic heterocycles. The zero-order valence-electron chi connectivity index (χ0n) is 40.8. The highest BCUT2D eigenvalue weighted by Gasteiger charge is 2.55. The van der Waals surface area contributed by atoms with Crippen LogP contribution in [0.1, 0.15) is 102 Å². The van der Waals surface area contributed by atoms with Crippen LogP contribution in [0.25, 0.3) is 0 Å². The summed E-state index contributed by atoms with van der Waals surface area (Å²) in [5.74, 6) is -0.504. The second-order valence-electron chi connectivity index (χ2n) is 18.3. The first-order valence-electron chi connectivity index (χ1n) is 22.0. The van der Waals surface area contributed by atoms with Crippen LogP contribution in [0.3, 0.4) is 0 Å². The van der Waals surface area contributed by atoms with E-state index in [4.69, 9.17) is 37.9 Å². The Bertz CT molecular complexity index is 1400. The number of benzene rings is 1. The Morgan fingerprint density at radius 1 is 0.758 bits per heavy atom. The van der Waals surface area contributed by atoms with Crippen molar-refractivity contribution in [2.45, 2.75) is 193 Å². The van der Waals surface area contributed by atoms with E-state index in [-0.39, 0.29) is 19.6 Å². The first-order valence-corrected chi connectivity index (χ1v) is 22.0. The maximum atomic E-state index is 13.8. The maximum Gasteiger partial charge on any atom is 0.254 e. The van der Waals surface area contributed by atoms with Gasteiger partial charge in [0.15, 0.2) is 18.7 Å². The van der Waals surface area contributed by atoms with Crippen LogP contribution in [0, 0.1) is 0 Å². The van der Waals surface area contributed by atoms with Gasteiger partial charge in [0.05, 0.1) is 48.8 Å². The van der Waals surface area contributed by atoms with Gasteiger partial charge >= 0.3 is 0 Å². The van der Waals surface area contributed by atoms with Crippen molar-refractivity contribution in [1.82, 2.24) is 9.80 Å². The van der Waals surface area contributed by atoms with E-state index in [1.807, 2.05) is 33.8 Å². The normalized spacial score (nSPS) is 28.4. The number of carbonyl (C=O) groups is 2. The lowest BCUT2D eigenvalue weighted by atomic mass is 9.85. The number of aldehydes is 1. The van der Waals surface area contributed by atoms with E-state index >= 15 is 0 Å². The van der Waals surface area contributed by atoms with Crippen molar-refractivity contribution in [1.29, 1.82) is 0 Å².